The second-order valence-corrected chi connectivity index (χ2v) is 8.50. The van der Waals surface area contributed by atoms with Crippen LogP contribution in [-0.2, 0) is 9.47 Å². The highest BCUT2D eigenvalue weighted by Gasteiger charge is 2.35. The molecule has 1 saturated heterocycles. The standard InChI is InChI=1S/C21H34F2O2/c1-2-3-16-13-24-21(25-14-16)19-10-8-18(9-11-19)17-6-4-15(5-7-17)12-20(22)23/h12,15-19,21H,2-11,13-14H2,1H3. The maximum atomic E-state index is 12.4. The number of ether oxygens (including phenoxy) is 2. The SMILES string of the molecule is CCCC1COC(C2CCC(C3CCC(C=C(F)F)CC3)CC2)OC1. The molecule has 0 aromatic heterocycles. The van der Waals surface area contributed by atoms with Crippen molar-refractivity contribution < 1.29 is 18.3 Å². The van der Waals surface area contributed by atoms with Crippen LogP contribution >= 0.6 is 0 Å². The molecule has 4 heteroatoms. The molecule has 2 aliphatic carbocycles. The van der Waals surface area contributed by atoms with Gasteiger partial charge < -0.3 is 9.47 Å². The van der Waals surface area contributed by atoms with Crippen molar-refractivity contribution in [1.82, 2.24) is 0 Å². The number of allylic oxidation sites excluding steroid dienone is 1. The maximum absolute atomic E-state index is 12.4. The summed E-state index contributed by atoms with van der Waals surface area (Å²) in [7, 11) is 0. The van der Waals surface area contributed by atoms with Crippen LogP contribution in [0.1, 0.15) is 71.1 Å². The second kappa shape index (κ2) is 9.45. The fourth-order valence-corrected chi connectivity index (χ4v) is 5.25. The summed E-state index contributed by atoms with van der Waals surface area (Å²) in [5.41, 5.74) is 0. The molecule has 2 nitrogen and oxygen atoms in total. The van der Waals surface area contributed by atoms with Crippen molar-refractivity contribution in [3.05, 3.63) is 12.2 Å². The Balaban J connectivity index is 1.37. The van der Waals surface area contributed by atoms with Gasteiger partial charge in [-0.1, -0.05) is 13.3 Å². The first-order valence-corrected chi connectivity index (χ1v) is 10.4. The van der Waals surface area contributed by atoms with Crippen molar-refractivity contribution in [1.29, 1.82) is 0 Å². The molecule has 3 fully saturated rings. The summed E-state index contributed by atoms with van der Waals surface area (Å²) in [4.78, 5) is 0. The molecule has 3 aliphatic rings. The molecule has 0 bridgehead atoms. The normalized spacial score (nSPS) is 39.8. The van der Waals surface area contributed by atoms with Gasteiger partial charge in [-0.05, 0) is 81.6 Å². The van der Waals surface area contributed by atoms with Crippen LogP contribution in [0, 0.1) is 29.6 Å². The molecule has 0 unspecified atom stereocenters. The van der Waals surface area contributed by atoms with Crippen LogP contribution in [0.25, 0.3) is 0 Å². The maximum Gasteiger partial charge on any atom is 0.266 e. The molecule has 144 valence electrons. The van der Waals surface area contributed by atoms with E-state index >= 15 is 0 Å². The topological polar surface area (TPSA) is 18.5 Å². The number of hydrogen-bond donors (Lipinski definition) is 0. The Kier molecular flexibility index (Phi) is 7.29. The third-order valence-corrected chi connectivity index (χ3v) is 6.74. The van der Waals surface area contributed by atoms with Crippen LogP contribution in [0.15, 0.2) is 12.2 Å². The van der Waals surface area contributed by atoms with E-state index < -0.39 is 6.08 Å². The average molecular weight is 356 g/mol. The lowest BCUT2D eigenvalue weighted by atomic mass is 9.69. The molecule has 0 atom stereocenters. The van der Waals surface area contributed by atoms with E-state index in [2.05, 4.69) is 6.92 Å². The van der Waals surface area contributed by atoms with E-state index in [0.717, 1.165) is 50.7 Å². The van der Waals surface area contributed by atoms with Crippen molar-refractivity contribution in [3.8, 4) is 0 Å². The highest BCUT2D eigenvalue weighted by molar-refractivity contribution is 4.92. The monoisotopic (exact) mass is 356 g/mol. The van der Waals surface area contributed by atoms with E-state index in [0.29, 0.717) is 11.8 Å². The van der Waals surface area contributed by atoms with Gasteiger partial charge >= 0.3 is 0 Å². The fourth-order valence-electron chi connectivity index (χ4n) is 5.25. The predicted molar refractivity (Wildman–Crippen MR) is 95.3 cm³/mol. The minimum atomic E-state index is -1.50. The van der Waals surface area contributed by atoms with Crippen molar-refractivity contribution in [3.63, 3.8) is 0 Å². The summed E-state index contributed by atoms with van der Waals surface area (Å²) in [5.74, 6) is 2.77. The molecule has 25 heavy (non-hydrogen) atoms. The van der Waals surface area contributed by atoms with Crippen LogP contribution in [0.5, 0.6) is 0 Å². The van der Waals surface area contributed by atoms with Gasteiger partial charge in [0.2, 0.25) is 0 Å². The predicted octanol–water partition coefficient (Wildman–Crippen LogP) is 6.17. The summed E-state index contributed by atoms with van der Waals surface area (Å²) in [5, 5.41) is 0. The fraction of sp³-hybridized carbons (Fsp3) is 0.905. The van der Waals surface area contributed by atoms with Crippen LogP contribution < -0.4 is 0 Å². The summed E-state index contributed by atoms with van der Waals surface area (Å²) < 4.78 is 36.8. The zero-order valence-electron chi connectivity index (χ0n) is 15.6. The molecule has 0 aromatic carbocycles. The smallest absolute Gasteiger partial charge is 0.266 e. The zero-order chi connectivity index (χ0) is 17.6. The van der Waals surface area contributed by atoms with Gasteiger partial charge in [0.05, 0.1) is 13.2 Å². The molecular weight excluding hydrogens is 322 g/mol. The summed E-state index contributed by atoms with van der Waals surface area (Å²) in [6, 6.07) is 0. The van der Waals surface area contributed by atoms with Crippen LogP contribution in [0.4, 0.5) is 8.78 Å². The van der Waals surface area contributed by atoms with Gasteiger partial charge in [-0.2, -0.15) is 8.78 Å². The summed E-state index contributed by atoms with van der Waals surface area (Å²) in [6.45, 7) is 3.94. The van der Waals surface area contributed by atoms with Crippen molar-refractivity contribution >= 4 is 0 Å². The Labute approximate surface area is 151 Å². The quantitative estimate of drug-likeness (QED) is 0.586. The van der Waals surface area contributed by atoms with Crippen LogP contribution in [0.2, 0.25) is 0 Å². The molecule has 1 heterocycles. The lowest BCUT2D eigenvalue weighted by molar-refractivity contribution is -0.230. The van der Waals surface area contributed by atoms with E-state index in [1.165, 1.54) is 44.6 Å². The van der Waals surface area contributed by atoms with Crippen molar-refractivity contribution in [2.24, 2.45) is 29.6 Å². The Morgan fingerprint density at radius 1 is 0.840 bits per heavy atom. The van der Waals surface area contributed by atoms with E-state index in [1.807, 2.05) is 0 Å². The van der Waals surface area contributed by atoms with E-state index in [9.17, 15) is 8.78 Å². The lowest BCUT2D eigenvalue weighted by Crippen LogP contribution is -2.39. The average Bonchev–Trinajstić information content (AvgIpc) is 2.63. The number of halogens is 2. The molecule has 0 amide bonds. The molecule has 0 N–H and O–H groups in total. The van der Waals surface area contributed by atoms with Gasteiger partial charge in [0.25, 0.3) is 6.08 Å². The lowest BCUT2D eigenvalue weighted by Gasteiger charge is -2.40. The van der Waals surface area contributed by atoms with Gasteiger partial charge in [-0.3, -0.25) is 0 Å². The highest BCUT2D eigenvalue weighted by atomic mass is 19.3. The first kappa shape index (κ1) is 19.3. The van der Waals surface area contributed by atoms with E-state index in [-0.39, 0.29) is 12.2 Å². The molecule has 0 aromatic rings. The largest absolute Gasteiger partial charge is 0.352 e. The van der Waals surface area contributed by atoms with Crippen LogP contribution in [0.3, 0.4) is 0 Å². The van der Waals surface area contributed by atoms with E-state index in [1.54, 1.807) is 0 Å². The molecular formula is C21H34F2O2. The first-order valence-electron chi connectivity index (χ1n) is 10.4. The molecule has 3 rings (SSSR count). The van der Waals surface area contributed by atoms with Crippen LogP contribution in [-0.4, -0.2) is 19.5 Å². The van der Waals surface area contributed by atoms with Gasteiger partial charge in [-0.15, -0.1) is 0 Å². The van der Waals surface area contributed by atoms with E-state index in [4.69, 9.17) is 9.47 Å². The Morgan fingerprint density at radius 2 is 1.36 bits per heavy atom. The molecule has 2 saturated carbocycles. The van der Waals surface area contributed by atoms with Gasteiger partial charge in [0, 0.05) is 11.8 Å². The molecule has 0 spiro atoms. The minimum absolute atomic E-state index is 0.0162. The number of hydrogen-bond acceptors (Lipinski definition) is 2. The molecule has 1 aliphatic heterocycles. The third kappa shape index (κ3) is 5.50. The Hall–Kier alpha value is -0.480. The minimum Gasteiger partial charge on any atom is -0.352 e. The van der Waals surface area contributed by atoms with Gasteiger partial charge in [0.1, 0.15) is 0 Å². The summed E-state index contributed by atoms with van der Waals surface area (Å²) >= 11 is 0. The number of rotatable bonds is 5. The molecule has 0 radical (unpaired) electrons. The van der Waals surface area contributed by atoms with Gasteiger partial charge in [0.15, 0.2) is 6.29 Å². The Morgan fingerprint density at radius 3 is 1.88 bits per heavy atom. The second-order valence-electron chi connectivity index (χ2n) is 8.50. The Bertz CT molecular complexity index is 412. The van der Waals surface area contributed by atoms with Crippen molar-refractivity contribution in [2.75, 3.05) is 13.2 Å². The third-order valence-electron chi connectivity index (χ3n) is 6.74. The zero-order valence-corrected chi connectivity index (χ0v) is 15.6. The van der Waals surface area contributed by atoms with Crippen molar-refractivity contribution in [2.45, 2.75) is 77.4 Å². The highest BCUT2D eigenvalue weighted by Crippen LogP contribution is 2.43. The summed E-state index contributed by atoms with van der Waals surface area (Å²) in [6.07, 6.45) is 11.1. The van der Waals surface area contributed by atoms with Gasteiger partial charge in [-0.25, -0.2) is 0 Å². The first-order chi connectivity index (χ1) is 12.2.